The van der Waals surface area contributed by atoms with Gasteiger partial charge in [0.25, 0.3) is 0 Å². The summed E-state index contributed by atoms with van der Waals surface area (Å²) in [6, 6.07) is 4.55. The normalized spacial score (nSPS) is 8.25. The van der Waals surface area contributed by atoms with Gasteiger partial charge in [-0.05, 0) is 24.4 Å². The molecule has 0 bridgehead atoms. The van der Waals surface area contributed by atoms with E-state index in [0.717, 1.165) is 6.07 Å². The van der Waals surface area contributed by atoms with Gasteiger partial charge < -0.3 is 5.11 Å². The minimum absolute atomic E-state index is 0.306. The largest absolute Gasteiger partial charge is 0.494 e. The number of aliphatic hydroxyl groups excluding tert-OH is 1. The van der Waals surface area contributed by atoms with Crippen LogP contribution in [-0.2, 0) is 0 Å². The van der Waals surface area contributed by atoms with Crippen LogP contribution in [0.2, 0.25) is 0 Å². The summed E-state index contributed by atoms with van der Waals surface area (Å²) in [5, 5.41) is 7.65. The summed E-state index contributed by atoms with van der Waals surface area (Å²) >= 11 is 7.21. The molecule has 0 atom stereocenters. The molecule has 1 N–H and O–H groups in total. The number of thiocarbonyl (C=S) groups is 1. The van der Waals surface area contributed by atoms with E-state index in [2.05, 4.69) is 24.8 Å². The number of thiol groups is 1. The summed E-state index contributed by atoms with van der Waals surface area (Å²) in [5.41, 5.74) is 0. The van der Waals surface area contributed by atoms with Crippen molar-refractivity contribution < 1.29 is 13.9 Å². The van der Waals surface area contributed by atoms with E-state index >= 15 is 0 Å². The second-order valence-electron chi connectivity index (χ2n) is 1.72. The molecule has 5 heteroatoms. The zero-order valence-electron chi connectivity index (χ0n) is 5.87. The maximum atomic E-state index is 11.9. The monoisotopic (exact) mass is 208 g/mol. The van der Waals surface area contributed by atoms with Crippen LogP contribution in [0, 0.1) is 11.6 Å². The van der Waals surface area contributed by atoms with Crippen LogP contribution in [0.15, 0.2) is 24.3 Å². The second-order valence-corrected chi connectivity index (χ2v) is 2.84. The minimum atomic E-state index is -0.537. The second kappa shape index (κ2) is 5.91. The van der Waals surface area contributed by atoms with Gasteiger partial charge in [0, 0.05) is 6.07 Å². The summed E-state index contributed by atoms with van der Waals surface area (Å²) in [7, 11) is 0. The fourth-order valence-electron chi connectivity index (χ4n) is 0.460. The van der Waals surface area contributed by atoms with E-state index in [9.17, 15) is 8.78 Å². The lowest BCUT2D eigenvalue weighted by Crippen LogP contribution is -1.73. The number of rotatable bonds is 0. The van der Waals surface area contributed by atoms with E-state index in [-0.39, 0.29) is 4.38 Å². The average Bonchev–Trinajstić information content (AvgIpc) is 1.84. The standard InChI is InChI=1S/C6H4F2.CH2OS2/c7-5-2-1-3-6(8)4-5;2-1(3)4/h1-4H;(H2,2,3,4). The quantitative estimate of drug-likeness (QED) is 0.505. The Morgan fingerprint density at radius 3 is 1.83 bits per heavy atom. The van der Waals surface area contributed by atoms with E-state index in [4.69, 9.17) is 5.11 Å². The molecule has 1 aromatic carbocycles. The average molecular weight is 208 g/mol. The Bertz CT molecular complexity index is 244. The fraction of sp³-hybridized carbons (Fsp3) is 0. The first-order valence-corrected chi connectivity index (χ1v) is 3.71. The topological polar surface area (TPSA) is 20.2 Å². The van der Waals surface area contributed by atoms with Crippen molar-refractivity contribution in [2.75, 3.05) is 0 Å². The number of benzene rings is 1. The summed E-state index contributed by atoms with van der Waals surface area (Å²) < 4.78 is 23.5. The summed E-state index contributed by atoms with van der Waals surface area (Å²) in [4.78, 5) is 0. The molecule has 0 aliphatic heterocycles. The lowest BCUT2D eigenvalue weighted by molar-refractivity contribution is 0.583. The highest BCUT2D eigenvalue weighted by Gasteiger charge is 1.88. The van der Waals surface area contributed by atoms with Gasteiger partial charge in [-0.25, -0.2) is 8.78 Å². The van der Waals surface area contributed by atoms with Gasteiger partial charge in [-0.3, -0.25) is 0 Å². The Labute approximate surface area is 79.4 Å². The maximum Gasteiger partial charge on any atom is 0.214 e. The highest BCUT2D eigenvalue weighted by Crippen LogP contribution is 1.99. The molecule has 0 saturated carbocycles. The van der Waals surface area contributed by atoms with Crippen molar-refractivity contribution in [2.24, 2.45) is 0 Å². The summed E-state index contributed by atoms with van der Waals surface area (Å²) in [6.45, 7) is 0. The van der Waals surface area contributed by atoms with Crippen LogP contribution in [0.4, 0.5) is 8.78 Å². The van der Waals surface area contributed by atoms with Crippen molar-refractivity contribution in [3.05, 3.63) is 35.9 Å². The highest BCUT2D eigenvalue weighted by atomic mass is 32.1. The Morgan fingerprint density at radius 2 is 1.67 bits per heavy atom. The molecule has 66 valence electrons. The third kappa shape index (κ3) is 7.43. The third-order valence-corrected chi connectivity index (χ3v) is 0.787. The molecule has 0 aliphatic rings. The Morgan fingerprint density at radius 1 is 1.33 bits per heavy atom. The van der Waals surface area contributed by atoms with Crippen molar-refractivity contribution in [3.63, 3.8) is 0 Å². The Hall–Kier alpha value is -0.680. The number of hydrogen-bond acceptors (Lipinski definition) is 1. The molecule has 0 unspecified atom stereocenters. The molecule has 0 radical (unpaired) electrons. The molecule has 12 heavy (non-hydrogen) atoms. The molecule has 0 heterocycles. The van der Waals surface area contributed by atoms with Gasteiger partial charge in [0.05, 0.1) is 0 Å². The zero-order chi connectivity index (χ0) is 9.56. The van der Waals surface area contributed by atoms with Crippen molar-refractivity contribution in [1.29, 1.82) is 0 Å². The molecule has 0 aromatic heterocycles. The van der Waals surface area contributed by atoms with Crippen LogP contribution < -0.4 is 0 Å². The highest BCUT2D eigenvalue weighted by molar-refractivity contribution is 8.10. The van der Waals surface area contributed by atoms with Gasteiger partial charge in [0.15, 0.2) is 0 Å². The number of halogens is 2. The van der Waals surface area contributed by atoms with E-state index in [1.807, 2.05) is 0 Å². The first-order chi connectivity index (χ1) is 5.52. The Kier molecular flexibility index (Phi) is 5.57. The number of hydrogen-bond donors (Lipinski definition) is 2. The van der Waals surface area contributed by atoms with Gasteiger partial charge in [-0.2, -0.15) is 0 Å². The molecule has 1 nitrogen and oxygen atoms in total. The SMILES string of the molecule is Fc1cccc(F)c1.OC(=S)S. The first kappa shape index (κ1) is 11.3. The van der Waals surface area contributed by atoms with Gasteiger partial charge in [0.1, 0.15) is 11.6 Å². The fourth-order valence-corrected chi connectivity index (χ4v) is 0.460. The van der Waals surface area contributed by atoms with Crippen LogP contribution in [0.1, 0.15) is 0 Å². The van der Waals surface area contributed by atoms with Gasteiger partial charge >= 0.3 is 0 Å². The van der Waals surface area contributed by atoms with Crippen LogP contribution >= 0.6 is 24.8 Å². The summed E-state index contributed by atoms with van der Waals surface area (Å²) in [5.74, 6) is -1.07. The van der Waals surface area contributed by atoms with Gasteiger partial charge in [-0.1, -0.05) is 18.7 Å². The van der Waals surface area contributed by atoms with E-state index < -0.39 is 11.6 Å². The molecular weight excluding hydrogens is 202 g/mol. The van der Waals surface area contributed by atoms with Crippen LogP contribution in [0.3, 0.4) is 0 Å². The van der Waals surface area contributed by atoms with Gasteiger partial charge in [0.2, 0.25) is 4.38 Å². The zero-order valence-corrected chi connectivity index (χ0v) is 7.58. The lowest BCUT2D eigenvalue weighted by atomic mass is 10.3. The predicted octanol–water partition coefficient (Wildman–Crippen LogP) is 2.72. The predicted molar refractivity (Wildman–Crippen MR) is 50.6 cm³/mol. The van der Waals surface area contributed by atoms with Crippen LogP contribution in [-0.4, -0.2) is 9.49 Å². The maximum absolute atomic E-state index is 11.9. The minimum Gasteiger partial charge on any atom is -0.494 e. The molecule has 0 amide bonds. The molecule has 0 aliphatic carbocycles. The van der Waals surface area contributed by atoms with Crippen molar-refractivity contribution in [3.8, 4) is 0 Å². The van der Waals surface area contributed by atoms with Crippen molar-refractivity contribution in [1.82, 2.24) is 0 Å². The number of aliphatic hydroxyl groups is 1. The molecule has 0 spiro atoms. The van der Waals surface area contributed by atoms with Gasteiger partial charge in [-0.15, -0.1) is 0 Å². The van der Waals surface area contributed by atoms with Crippen molar-refractivity contribution in [2.45, 2.75) is 0 Å². The molecule has 0 saturated heterocycles. The molecule has 0 fully saturated rings. The molecular formula is C7H6F2OS2. The molecule has 1 aromatic rings. The summed E-state index contributed by atoms with van der Waals surface area (Å²) in [6.07, 6.45) is 0. The third-order valence-electron chi connectivity index (χ3n) is 0.787. The van der Waals surface area contributed by atoms with Crippen LogP contribution in [0.25, 0.3) is 0 Å². The van der Waals surface area contributed by atoms with Crippen LogP contribution in [0.5, 0.6) is 0 Å². The van der Waals surface area contributed by atoms with E-state index in [1.165, 1.54) is 18.2 Å². The molecule has 1 rings (SSSR count). The van der Waals surface area contributed by atoms with E-state index in [0.29, 0.717) is 0 Å². The first-order valence-electron chi connectivity index (χ1n) is 2.85. The lowest BCUT2D eigenvalue weighted by Gasteiger charge is -1.84. The van der Waals surface area contributed by atoms with E-state index in [1.54, 1.807) is 0 Å². The van der Waals surface area contributed by atoms with Crippen molar-refractivity contribution >= 4 is 29.2 Å². The smallest absolute Gasteiger partial charge is 0.214 e. The Balaban J connectivity index is 0.000000261.